The lowest BCUT2D eigenvalue weighted by Crippen LogP contribution is -2.30. The summed E-state index contributed by atoms with van der Waals surface area (Å²) in [5, 5.41) is 0. The van der Waals surface area contributed by atoms with E-state index in [0.717, 1.165) is 16.8 Å². The number of carbonyl (C=O) groups excluding carboxylic acids is 2. The summed E-state index contributed by atoms with van der Waals surface area (Å²) in [6, 6.07) is 3.83. The zero-order chi connectivity index (χ0) is 13.3. The molecule has 0 fully saturated rings. The average molecular weight is 241 g/mol. The summed E-state index contributed by atoms with van der Waals surface area (Å²) in [6.07, 6.45) is 0.586. The largest absolute Gasteiger partial charge is 0.304 e. The van der Waals surface area contributed by atoms with Gasteiger partial charge in [0.15, 0.2) is 0 Å². The van der Waals surface area contributed by atoms with E-state index < -0.39 is 11.7 Å². The Morgan fingerprint density at radius 2 is 1.83 bits per heavy atom. The smallest absolute Gasteiger partial charge is 0.299 e. The number of hydrogen-bond donors (Lipinski definition) is 0. The minimum atomic E-state index is -0.430. The van der Waals surface area contributed by atoms with Crippen LogP contribution in [0, 0.1) is 25.7 Å². The SMILES string of the molecule is CC#CCCN1C(=O)C(=O)c2c(C)ccc(C)c21. The summed E-state index contributed by atoms with van der Waals surface area (Å²) >= 11 is 0. The molecule has 18 heavy (non-hydrogen) atoms. The monoisotopic (exact) mass is 241 g/mol. The molecule has 0 aliphatic carbocycles. The van der Waals surface area contributed by atoms with Crippen LogP contribution in [0.15, 0.2) is 12.1 Å². The number of benzene rings is 1. The van der Waals surface area contributed by atoms with Crippen molar-refractivity contribution in [2.24, 2.45) is 0 Å². The normalized spacial score (nSPS) is 13.4. The Bertz CT molecular complexity index is 590. The van der Waals surface area contributed by atoms with Crippen LogP contribution in [0.25, 0.3) is 0 Å². The van der Waals surface area contributed by atoms with Crippen molar-refractivity contribution in [3.63, 3.8) is 0 Å². The number of Topliss-reactive ketones (excluding diaryl/α,β-unsaturated/α-hetero) is 1. The second-order valence-electron chi connectivity index (χ2n) is 4.39. The van der Waals surface area contributed by atoms with Crippen molar-refractivity contribution < 1.29 is 9.59 Å². The molecule has 1 amide bonds. The van der Waals surface area contributed by atoms with Crippen molar-refractivity contribution in [3.8, 4) is 11.8 Å². The topological polar surface area (TPSA) is 37.4 Å². The molecule has 0 saturated carbocycles. The summed E-state index contributed by atoms with van der Waals surface area (Å²) in [7, 11) is 0. The van der Waals surface area contributed by atoms with Crippen LogP contribution in [0.5, 0.6) is 0 Å². The number of anilines is 1. The number of ketones is 1. The molecule has 0 unspecified atom stereocenters. The predicted octanol–water partition coefficient (Wildman–Crippen LogP) is 2.25. The van der Waals surface area contributed by atoms with Gasteiger partial charge in [-0.05, 0) is 31.9 Å². The van der Waals surface area contributed by atoms with Gasteiger partial charge in [-0.15, -0.1) is 11.8 Å². The molecule has 0 radical (unpaired) electrons. The van der Waals surface area contributed by atoms with Gasteiger partial charge in [-0.3, -0.25) is 9.59 Å². The highest BCUT2D eigenvalue weighted by Gasteiger charge is 2.37. The lowest BCUT2D eigenvalue weighted by Gasteiger charge is -2.17. The van der Waals surface area contributed by atoms with Crippen molar-refractivity contribution in [2.75, 3.05) is 11.4 Å². The minimum absolute atomic E-state index is 0.393. The van der Waals surface area contributed by atoms with Gasteiger partial charge in [0, 0.05) is 13.0 Å². The number of amides is 1. The van der Waals surface area contributed by atoms with Gasteiger partial charge in [-0.25, -0.2) is 0 Å². The zero-order valence-electron chi connectivity index (χ0n) is 10.8. The molecule has 1 heterocycles. The lowest BCUT2D eigenvalue weighted by atomic mass is 10.0. The highest BCUT2D eigenvalue weighted by molar-refractivity contribution is 6.52. The number of rotatable bonds is 2. The van der Waals surface area contributed by atoms with Crippen LogP contribution >= 0.6 is 0 Å². The fraction of sp³-hybridized carbons (Fsp3) is 0.333. The summed E-state index contributed by atoms with van der Waals surface area (Å²) in [5.74, 6) is 4.89. The number of hydrogen-bond acceptors (Lipinski definition) is 2. The van der Waals surface area contributed by atoms with Gasteiger partial charge in [-0.2, -0.15) is 0 Å². The maximum atomic E-state index is 12.0. The molecule has 3 heteroatoms. The Hall–Kier alpha value is -2.08. The molecule has 3 nitrogen and oxygen atoms in total. The van der Waals surface area contributed by atoms with E-state index in [1.54, 1.807) is 11.8 Å². The summed E-state index contributed by atoms with van der Waals surface area (Å²) in [6.45, 7) is 6.02. The molecule has 1 aromatic carbocycles. The van der Waals surface area contributed by atoms with Gasteiger partial charge >= 0.3 is 0 Å². The molecule has 0 N–H and O–H groups in total. The van der Waals surface area contributed by atoms with E-state index in [1.807, 2.05) is 26.0 Å². The Balaban J connectivity index is 2.47. The van der Waals surface area contributed by atoms with Gasteiger partial charge in [0.1, 0.15) is 0 Å². The Morgan fingerprint density at radius 3 is 2.50 bits per heavy atom. The second kappa shape index (κ2) is 4.66. The Labute approximate surface area is 107 Å². The molecular weight excluding hydrogens is 226 g/mol. The van der Waals surface area contributed by atoms with Crippen molar-refractivity contribution in [1.29, 1.82) is 0 Å². The predicted molar refractivity (Wildman–Crippen MR) is 70.7 cm³/mol. The summed E-state index contributed by atoms with van der Waals surface area (Å²) in [5.41, 5.74) is 3.14. The van der Waals surface area contributed by atoms with Crippen molar-refractivity contribution in [2.45, 2.75) is 27.2 Å². The van der Waals surface area contributed by atoms with Crippen LogP contribution in [0.4, 0.5) is 5.69 Å². The number of aryl methyl sites for hydroxylation is 2. The van der Waals surface area contributed by atoms with Gasteiger partial charge in [-0.1, -0.05) is 12.1 Å². The number of fused-ring (bicyclic) bond motifs is 1. The Kier molecular flexibility index (Phi) is 3.20. The first-order chi connectivity index (χ1) is 8.57. The Morgan fingerprint density at radius 1 is 1.17 bits per heavy atom. The molecule has 0 aromatic heterocycles. The lowest BCUT2D eigenvalue weighted by molar-refractivity contribution is -0.114. The molecule has 2 rings (SSSR count). The summed E-state index contributed by atoms with van der Waals surface area (Å²) in [4.78, 5) is 25.5. The van der Waals surface area contributed by atoms with E-state index in [-0.39, 0.29) is 0 Å². The molecule has 1 aliphatic heterocycles. The molecule has 0 saturated heterocycles. The standard InChI is InChI=1S/C15H15NO2/c1-4-5-6-9-16-13-11(3)8-7-10(2)12(13)14(17)15(16)18/h7-8H,6,9H2,1-3H3. The van der Waals surface area contributed by atoms with Crippen LogP contribution in [-0.4, -0.2) is 18.2 Å². The highest BCUT2D eigenvalue weighted by Crippen LogP contribution is 2.34. The van der Waals surface area contributed by atoms with E-state index in [1.165, 1.54) is 0 Å². The van der Waals surface area contributed by atoms with E-state index in [9.17, 15) is 9.59 Å². The molecule has 1 aromatic rings. The summed E-state index contributed by atoms with van der Waals surface area (Å²) < 4.78 is 0. The third-order valence-corrected chi connectivity index (χ3v) is 3.16. The maximum Gasteiger partial charge on any atom is 0.299 e. The quantitative estimate of drug-likeness (QED) is 0.588. The fourth-order valence-corrected chi connectivity index (χ4v) is 2.27. The maximum absolute atomic E-state index is 12.0. The van der Waals surface area contributed by atoms with Gasteiger partial charge in [0.05, 0.1) is 11.3 Å². The second-order valence-corrected chi connectivity index (χ2v) is 4.39. The van der Waals surface area contributed by atoms with Crippen LogP contribution in [0.1, 0.15) is 34.8 Å². The molecule has 1 aliphatic rings. The molecular formula is C15H15NO2. The van der Waals surface area contributed by atoms with E-state index in [4.69, 9.17) is 0 Å². The molecule has 92 valence electrons. The van der Waals surface area contributed by atoms with Crippen LogP contribution in [-0.2, 0) is 4.79 Å². The van der Waals surface area contributed by atoms with E-state index in [2.05, 4.69) is 11.8 Å². The van der Waals surface area contributed by atoms with Crippen LogP contribution in [0.3, 0.4) is 0 Å². The highest BCUT2D eigenvalue weighted by atomic mass is 16.2. The third kappa shape index (κ3) is 1.80. The van der Waals surface area contributed by atoms with Gasteiger partial charge in [0.25, 0.3) is 11.7 Å². The molecule has 0 spiro atoms. The van der Waals surface area contributed by atoms with Crippen molar-refractivity contribution in [1.82, 2.24) is 0 Å². The third-order valence-electron chi connectivity index (χ3n) is 3.16. The van der Waals surface area contributed by atoms with E-state index in [0.29, 0.717) is 18.5 Å². The fourth-order valence-electron chi connectivity index (χ4n) is 2.27. The minimum Gasteiger partial charge on any atom is -0.304 e. The first-order valence-electron chi connectivity index (χ1n) is 5.94. The van der Waals surface area contributed by atoms with E-state index >= 15 is 0 Å². The number of nitrogens with zero attached hydrogens (tertiary/aromatic N) is 1. The van der Waals surface area contributed by atoms with Crippen LogP contribution in [0.2, 0.25) is 0 Å². The first kappa shape index (κ1) is 12.4. The van der Waals surface area contributed by atoms with Gasteiger partial charge < -0.3 is 4.90 Å². The van der Waals surface area contributed by atoms with Crippen molar-refractivity contribution in [3.05, 3.63) is 28.8 Å². The van der Waals surface area contributed by atoms with Gasteiger partial charge in [0.2, 0.25) is 0 Å². The molecule has 0 atom stereocenters. The van der Waals surface area contributed by atoms with Crippen LogP contribution < -0.4 is 4.90 Å². The molecule has 0 bridgehead atoms. The van der Waals surface area contributed by atoms with Crippen molar-refractivity contribution >= 4 is 17.4 Å². The average Bonchev–Trinajstić information content (AvgIpc) is 2.60. The number of carbonyl (C=O) groups is 2. The zero-order valence-corrected chi connectivity index (χ0v) is 10.8. The first-order valence-corrected chi connectivity index (χ1v) is 5.94.